The van der Waals surface area contributed by atoms with E-state index in [0.717, 1.165) is 16.8 Å². The smallest absolute Gasteiger partial charge is 0.140 e. The first kappa shape index (κ1) is 12.3. The van der Waals surface area contributed by atoms with Crippen LogP contribution in [0.5, 0.6) is 0 Å². The van der Waals surface area contributed by atoms with Crippen LogP contribution in [0.3, 0.4) is 0 Å². The van der Waals surface area contributed by atoms with Gasteiger partial charge in [0.25, 0.3) is 0 Å². The molecule has 0 saturated carbocycles. The van der Waals surface area contributed by atoms with E-state index in [9.17, 15) is 4.39 Å². The summed E-state index contributed by atoms with van der Waals surface area (Å²) in [6.45, 7) is 3.22. The summed E-state index contributed by atoms with van der Waals surface area (Å²) in [7, 11) is 0. The van der Waals surface area contributed by atoms with Crippen molar-refractivity contribution in [3.8, 4) is 6.07 Å². The van der Waals surface area contributed by atoms with Crippen LogP contribution in [-0.4, -0.2) is 10.2 Å². The molecule has 0 aliphatic rings. The number of H-pyrrole nitrogens is 1. The van der Waals surface area contributed by atoms with Gasteiger partial charge in [0, 0.05) is 24.3 Å². The number of benzene rings is 1. The van der Waals surface area contributed by atoms with Crippen molar-refractivity contribution >= 4 is 0 Å². The predicted molar refractivity (Wildman–Crippen MR) is 65.0 cm³/mol. The molecule has 0 atom stereocenters. The number of hydrogen-bond acceptors (Lipinski definition) is 3. The van der Waals surface area contributed by atoms with Gasteiger partial charge in [-0.25, -0.2) is 4.39 Å². The van der Waals surface area contributed by atoms with Crippen LogP contribution in [0.1, 0.15) is 22.4 Å². The van der Waals surface area contributed by atoms with E-state index >= 15 is 0 Å². The van der Waals surface area contributed by atoms with E-state index in [1.165, 1.54) is 6.07 Å². The predicted octanol–water partition coefficient (Wildman–Crippen LogP) is 2.02. The second-order valence-electron chi connectivity index (χ2n) is 4.05. The van der Waals surface area contributed by atoms with E-state index in [2.05, 4.69) is 15.5 Å². The van der Waals surface area contributed by atoms with Crippen LogP contribution >= 0.6 is 0 Å². The van der Waals surface area contributed by atoms with E-state index in [1.807, 2.05) is 13.0 Å². The third-order valence-corrected chi connectivity index (χ3v) is 2.73. The van der Waals surface area contributed by atoms with Gasteiger partial charge in [-0.1, -0.05) is 6.07 Å². The van der Waals surface area contributed by atoms with Gasteiger partial charge in [0.15, 0.2) is 0 Å². The van der Waals surface area contributed by atoms with E-state index in [-0.39, 0.29) is 5.56 Å². The Morgan fingerprint density at radius 3 is 2.94 bits per heavy atom. The molecule has 0 unspecified atom stereocenters. The summed E-state index contributed by atoms with van der Waals surface area (Å²) in [6.07, 6.45) is 1.77. The first-order chi connectivity index (χ1) is 8.70. The van der Waals surface area contributed by atoms with Gasteiger partial charge in [-0.05, 0) is 24.6 Å². The molecule has 5 heteroatoms. The zero-order valence-electron chi connectivity index (χ0n) is 10.00. The summed E-state index contributed by atoms with van der Waals surface area (Å²) < 4.78 is 13.1. The van der Waals surface area contributed by atoms with E-state index in [4.69, 9.17) is 5.26 Å². The van der Waals surface area contributed by atoms with Crippen molar-refractivity contribution in [2.75, 3.05) is 0 Å². The standard InChI is InChI=1S/C13H13FN4/c1-9-12(8-17-18-9)7-16-6-10-2-3-13(14)11(4-10)5-15/h2-4,8,16H,6-7H2,1H3,(H,17,18). The fraction of sp³-hybridized carbons (Fsp3) is 0.231. The Bertz CT molecular complexity index is 583. The molecule has 0 radical (unpaired) electrons. The SMILES string of the molecule is Cc1[nH]ncc1CNCc1ccc(F)c(C#N)c1. The van der Waals surface area contributed by atoms with Gasteiger partial charge in [0.1, 0.15) is 11.9 Å². The van der Waals surface area contributed by atoms with Gasteiger partial charge in [0.2, 0.25) is 0 Å². The molecule has 0 fully saturated rings. The highest BCUT2D eigenvalue weighted by Crippen LogP contribution is 2.10. The van der Waals surface area contributed by atoms with Crippen LogP contribution in [0.2, 0.25) is 0 Å². The molecule has 2 rings (SSSR count). The number of aryl methyl sites for hydroxylation is 1. The second kappa shape index (κ2) is 5.43. The molecule has 2 aromatic rings. The summed E-state index contributed by atoms with van der Waals surface area (Å²) in [4.78, 5) is 0. The first-order valence-corrected chi connectivity index (χ1v) is 5.59. The molecule has 2 N–H and O–H groups in total. The van der Waals surface area contributed by atoms with Crippen LogP contribution < -0.4 is 5.32 Å². The molecular formula is C13H13FN4. The molecule has 0 bridgehead atoms. The lowest BCUT2D eigenvalue weighted by atomic mass is 10.1. The molecule has 1 aromatic heterocycles. The molecule has 92 valence electrons. The lowest BCUT2D eigenvalue weighted by Crippen LogP contribution is -2.13. The fourth-order valence-corrected chi connectivity index (χ4v) is 1.66. The van der Waals surface area contributed by atoms with Gasteiger partial charge >= 0.3 is 0 Å². The average molecular weight is 244 g/mol. The molecular weight excluding hydrogens is 231 g/mol. The highest BCUT2D eigenvalue weighted by atomic mass is 19.1. The van der Waals surface area contributed by atoms with Crippen molar-refractivity contribution in [3.05, 3.63) is 52.6 Å². The quantitative estimate of drug-likeness (QED) is 0.864. The molecule has 0 saturated heterocycles. The normalized spacial score (nSPS) is 10.3. The Morgan fingerprint density at radius 2 is 2.28 bits per heavy atom. The van der Waals surface area contributed by atoms with Crippen molar-refractivity contribution in [2.45, 2.75) is 20.0 Å². The number of halogens is 1. The number of nitrogens with one attached hydrogen (secondary N) is 2. The Kier molecular flexibility index (Phi) is 3.70. The third kappa shape index (κ3) is 2.73. The topological polar surface area (TPSA) is 64.5 Å². The van der Waals surface area contributed by atoms with Crippen molar-refractivity contribution in [3.63, 3.8) is 0 Å². The fourth-order valence-electron chi connectivity index (χ4n) is 1.66. The maximum absolute atomic E-state index is 13.1. The summed E-state index contributed by atoms with van der Waals surface area (Å²) in [5, 5.41) is 18.7. The number of aromatic amines is 1. The molecule has 0 amide bonds. The van der Waals surface area contributed by atoms with Crippen LogP contribution in [0, 0.1) is 24.1 Å². The highest BCUT2D eigenvalue weighted by molar-refractivity contribution is 5.34. The summed E-state index contributed by atoms with van der Waals surface area (Å²) in [5.74, 6) is -0.480. The molecule has 0 aliphatic heterocycles. The van der Waals surface area contributed by atoms with Crippen LogP contribution in [0.4, 0.5) is 4.39 Å². The van der Waals surface area contributed by atoms with E-state index in [0.29, 0.717) is 13.1 Å². The summed E-state index contributed by atoms with van der Waals surface area (Å²) in [6, 6.07) is 6.38. The van der Waals surface area contributed by atoms with Crippen LogP contribution in [0.15, 0.2) is 24.4 Å². The highest BCUT2D eigenvalue weighted by Gasteiger charge is 2.03. The van der Waals surface area contributed by atoms with Gasteiger partial charge in [-0.3, -0.25) is 5.10 Å². The molecule has 1 heterocycles. The zero-order valence-corrected chi connectivity index (χ0v) is 10.00. The molecule has 1 aromatic carbocycles. The van der Waals surface area contributed by atoms with Crippen LogP contribution in [-0.2, 0) is 13.1 Å². The largest absolute Gasteiger partial charge is 0.308 e. The van der Waals surface area contributed by atoms with Crippen molar-refractivity contribution in [1.29, 1.82) is 5.26 Å². The second-order valence-corrected chi connectivity index (χ2v) is 4.05. The molecule has 18 heavy (non-hydrogen) atoms. The van der Waals surface area contributed by atoms with Gasteiger partial charge < -0.3 is 5.32 Å². The minimum atomic E-state index is -0.480. The van der Waals surface area contributed by atoms with Crippen molar-refractivity contribution in [1.82, 2.24) is 15.5 Å². The van der Waals surface area contributed by atoms with E-state index < -0.39 is 5.82 Å². The van der Waals surface area contributed by atoms with Crippen LogP contribution in [0.25, 0.3) is 0 Å². The lowest BCUT2D eigenvalue weighted by molar-refractivity contribution is 0.621. The third-order valence-electron chi connectivity index (χ3n) is 2.73. The maximum atomic E-state index is 13.1. The number of hydrogen-bond donors (Lipinski definition) is 2. The van der Waals surface area contributed by atoms with Crippen molar-refractivity contribution < 1.29 is 4.39 Å². The number of rotatable bonds is 4. The Morgan fingerprint density at radius 1 is 1.44 bits per heavy atom. The minimum Gasteiger partial charge on any atom is -0.308 e. The molecule has 0 spiro atoms. The zero-order chi connectivity index (χ0) is 13.0. The average Bonchev–Trinajstić information content (AvgIpc) is 2.77. The van der Waals surface area contributed by atoms with Gasteiger partial charge in [-0.2, -0.15) is 10.4 Å². The van der Waals surface area contributed by atoms with Crippen molar-refractivity contribution in [2.24, 2.45) is 0 Å². The number of aromatic nitrogens is 2. The number of nitrogens with zero attached hydrogens (tertiary/aromatic N) is 2. The molecule has 0 aliphatic carbocycles. The summed E-state index contributed by atoms with van der Waals surface area (Å²) >= 11 is 0. The van der Waals surface area contributed by atoms with E-state index in [1.54, 1.807) is 18.3 Å². The Labute approximate surface area is 104 Å². The first-order valence-electron chi connectivity index (χ1n) is 5.59. The molecule has 4 nitrogen and oxygen atoms in total. The summed E-state index contributed by atoms with van der Waals surface area (Å²) in [5.41, 5.74) is 3.08. The lowest BCUT2D eigenvalue weighted by Gasteiger charge is -2.05. The number of nitriles is 1. The monoisotopic (exact) mass is 244 g/mol. The minimum absolute atomic E-state index is 0.0776. The van der Waals surface area contributed by atoms with Gasteiger partial charge in [-0.15, -0.1) is 0 Å². The Balaban J connectivity index is 1.95. The Hall–Kier alpha value is -2.19. The van der Waals surface area contributed by atoms with Gasteiger partial charge in [0.05, 0.1) is 11.8 Å². The maximum Gasteiger partial charge on any atom is 0.140 e.